The smallest absolute Gasteiger partial charge is 0.224 e. The molecule has 0 fully saturated rings. The largest absolute Gasteiger partial charge is 0.497 e. The number of methoxy groups -OCH3 is 2. The first-order valence-electron chi connectivity index (χ1n) is 8.25. The Kier molecular flexibility index (Phi) is 5.65. The SMILES string of the molecule is COc1cc(CCC(=O)Nc2ccc(-n3cncn3)c(F)c2)cc(OC)c1. The molecular weight excluding hydrogens is 351 g/mol. The van der Waals surface area contributed by atoms with Gasteiger partial charge in [0.2, 0.25) is 5.91 Å². The van der Waals surface area contributed by atoms with Crippen LogP contribution in [0.15, 0.2) is 49.1 Å². The predicted molar refractivity (Wildman–Crippen MR) is 97.8 cm³/mol. The fourth-order valence-electron chi connectivity index (χ4n) is 2.60. The second-order valence-corrected chi connectivity index (χ2v) is 5.78. The highest BCUT2D eigenvalue weighted by Gasteiger charge is 2.10. The van der Waals surface area contributed by atoms with Gasteiger partial charge in [-0.15, -0.1) is 0 Å². The van der Waals surface area contributed by atoms with Crippen LogP contribution in [0.1, 0.15) is 12.0 Å². The molecule has 0 saturated carbocycles. The van der Waals surface area contributed by atoms with E-state index in [0.717, 1.165) is 5.56 Å². The summed E-state index contributed by atoms with van der Waals surface area (Å²) in [5.74, 6) is 0.603. The Morgan fingerprint density at radius 2 is 1.89 bits per heavy atom. The second-order valence-electron chi connectivity index (χ2n) is 5.78. The van der Waals surface area contributed by atoms with Crippen LogP contribution in [0.5, 0.6) is 11.5 Å². The zero-order chi connectivity index (χ0) is 19.2. The number of hydrogen-bond donors (Lipinski definition) is 1. The number of halogens is 1. The Labute approximate surface area is 155 Å². The average molecular weight is 370 g/mol. The summed E-state index contributed by atoms with van der Waals surface area (Å²) in [5.41, 5.74) is 1.55. The molecule has 1 heterocycles. The number of amides is 1. The van der Waals surface area contributed by atoms with E-state index in [1.807, 2.05) is 12.1 Å². The molecule has 8 heteroatoms. The standard InChI is InChI=1S/C19H19FN4O3/c1-26-15-7-13(8-16(10-15)27-2)3-6-19(25)23-14-4-5-18(17(20)9-14)24-12-21-11-22-24/h4-5,7-12H,3,6H2,1-2H3,(H,23,25). The highest BCUT2D eigenvalue weighted by Crippen LogP contribution is 2.23. The van der Waals surface area contributed by atoms with E-state index in [1.165, 1.54) is 29.5 Å². The van der Waals surface area contributed by atoms with Crippen molar-refractivity contribution in [1.29, 1.82) is 0 Å². The van der Waals surface area contributed by atoms with Gasteiger partial charge in [-0.3, -0.25) is 4.79 Å². The predicted octanol–water partition coefficient (Wildman–Crippen LogP) is 2.99. The summed E-state index contributed by atoms with van der Waals surface area (Å²) in [6.07, 6.45) is 3.46. The zero-order valence-corrected chi connectivity index (χ0v) is 15.0. The Morgan fingerprint density at radius 1 is 1.15 bits per heavy atom. The monoisotopic (exact) mass is 370 g/mol. The van der Waals surface area contributed by atoms with Gasteiger partial charge >= 0.3 is 0 Å². The number of nitrogens with one attached hydrogen (secondary N) is 1. The summed E-state index contributed by atoms with van der Waals surface area (Å²) >= 11 is 0. The minimum absolute atomic E-state index is 0.218. The lowest BCUT2D eigenvalue weighted by Gasteiger charge is -2.10. The van der Waals surface area contributed by atoms with Gasteiger partial charge in [-0.05, 0) is 42.3 Å². The van der Waals surface area contributed by atoms with Crippen LogP contribution in [0.3, 0.4) is 0 Å². The van der Waals surface area contributed by atoms with Gasteiger partial charge in [-0.2, -0.15) is 5.10 Å². The highest BCUT2D eigenvalue weighted by molar-refractivity contribution is 5.90. The lowest BCUT2D eigenvalue weighted by Crippen LogP contribution is -2.13. The fraction of sp³-hybridized carbons (Fsp3) is 0.211. The van der Waals surface area contributed by atoms with Gasteiger partial charge in [-0.1, -0.05) is 0 Å². The Morgan fingerprint density at radius 3 is 2.48 bits per heavy atom. The van der Waals surface area contributed by atoms with Gasteiger partial charge in [0.05, 0.1) is 14.2 Å². The van der Waals surface area contributed by atoms with Crippen LogP contribution >= 0.6 is 0 Å². The summed E-state index contributed by atoms with van der Waals surface area (Å²) in [6.45, 7) is 0. The Balaban J connectivity index is 1.62. The van der Waals surface area contributed by atoms with Gasteiger partial charge in [0, 0.05) is 18.2 Å². The number of carbonyl (C=O) groups excluding carboxylic acids is 1. The van der Waals surface area contributed by atoms with Crippen LogP contribution in [0.4, 0.5) is 10.1 Å². The van der Waals surface area contributed by atoms with Gasteiger partial charge < -0.3 is 14.8 Å². The number of aromatic nitrogens is 3. The molecule has 0 saturated heterocycles. The van der Waals surface area contributed by atoms with Crippen molar-refractivity contribution in [2.45, 2.75) is 12.8 Å². The van der Waals surface area contributed by atoms with Gasteiger partial charge in [0.25, 0.3) is 0 Å². The number of ether oxygens (including phenoxy) is 2. The molecule has 1 aromatic heterocycles. The molecule has 27 heavy (non-hydrogen) atoms. The van der Waals surface area contributed by atoms with Gasteiger partial charge in [-0.25, -0.2) is 14.1 Å². The molecule has 0 aliphatic rings. The third-order valence-corrected chi connectivity index (χ3v) is 3.95. The van der Waals surface area contributed by atoms with Gasteiger partial charge in [0.1, 0.15) is 29.8 Å². The Bertz CT molecular complexity index is 906. The summed E-state index contributed by atoms with van der Waals surface area (Å²) in [6, 6.07) is 9.87. The maximum Gasteiger partial charge on any atom is 0.224 e. The highest BCUT2D eigenvalue weighted by atomic mass is 19.1. The first kappa shape index (κ1) is 18.4. The summed E-state index contributed by atoms with van der Waals surface area (Å²) in [4.78, 5) is 16.0. The number of anilines is 1. The van der Waals surface area contributed by atoms with Crippen molar-refractivity contribution < 1.29 is 18.7 Å². The molecule has 2 aromatic carbocycles. The van der Waals surface area contributed by atoms with E-state index in [2.05, 4.69) is 15.4 Å². The topological polar surface area (TPSA) is 78.3 Å². The second kappa shape index (κ2) is 8.31. The van der Waals surface area contributed by atoms with Crippen LogP contribution in [0.25, 0.3) is 5.69 Å². The Hall–Kier alpha value is -3.42. The van der Waals surface area contributed by atoms with E-state index >= 15 is 0 Å². The lowest BCUT2D eigenvalue weighted by molar-refractivity contribution is -0.116. The molecule has 3 aromatic rings. The first-order valence-corrected chi connectivity index (χ1v) is 8.25. The van der Waals surface area contributed by atoms with Gasteiger partial charge in [0.15, 0.2) is 5.82 Å². The molecular formula is C19H19FN4O3. The van der Waals surface area contributed by atoms with Crippen molar-refractivity contribution >= 4 is 11.6 Å². The van der Waals surface area contributed by atoms with E-state index in [0.29, 0.717) is 23.6 Å². The van der Waals surface area contributed by atoms with E-state index in [-0.39, 0.29) is 18.0 Å². The molecule has 0 unspecified atom stereocenters. The van der Waals surface area contributed by atoms with E-state index < -0.39 is 5.82 Å². The first-order chi connectivity index (χ1) is 13.1. The number of rotatable bonds is 7. The minimum Gasteiger partial charge on any atom is -0.497 e. The molecule has 0 radical (unpaired) electrons. The van der Waals surface area contributed by atoms with Crippen LogP contribution in [-0.4, -0.2) is 34.9 Å². The number of benzene rings is 2. The molecule has 0 atom stereocenters. The van der Waals surface area contributed by atoms with Crippen LogP contribution in [0.2, 0.25) is 0 Å². The quantitative estimate of drug-likeness (QED) is 0.692. The molecule has 1 amide bonds. The molecule has 0 spiro atoms. The molecule has 0 bridgehead atoms. The lowest BCUT2D eigenvalue weighted by atomic mass is 10.1. The van der Waals surface area contributed by atoms with Crippen LogP contribution in [-0.2, 0) is 11.2 Å². The molecule has 3 rings (SSSR count). The summed E-state index contributed by atoms with van der Waals surface area (Å²) < 4.78 is 26.0. The summed E-state index contributed by atoms with van der Waals surface area (Å²) in [5, 5.41) is 6.58. The van der Waals surface area contributed by atoms with Crippen LogP contribution < -0.4 is 14.8 Å². The number of carbonyl (C=O) groups is 1. The molecule has 0 aliphatic carbocycles. The third kappa shape index (κ3) is 4.60. The van der Waals surface area contributed by atoms with Crippen molar-refractivity contribution in [3.05, 3.63) is 60.4 Å². The summed E-state index contributed by atoms with van der Waals surface area (Å²) in [7, 11) is 3.14. The van der Waals surface area contributed by atoms with E-state index in [4.69, 9.17) is 9.47 Å². The van der Waals surface area contributed by atoms with Crippen molar-refractivity contribution in [3.63, 3.8) is 0 Å². The molecule has 7 nitrogen and oxygen atoms in total. The van der Waals surface area contributed by atoms with Crippen molar-refractivity contribution in [3.8, 4) is 17.2 Å². The maximum absolute atomic E-state index is 14.2. The van der Waals surface area contributed by atoms with Crippen molar-refractivity contribution in [2.75, 3.05) is 19.5 Å². The van der Waals surface area contributed by atoms with Crippen molar-refractivity contribution in [1.82, 2.24) is 14.8 Å². The normalized spacial score (nSPS) is 10.5. The van der Waals surface area contributed by atoms with Crippen molar-refractivity contribution in [2.24, 2.45) is 0 Å². The third-order valence-electron chi connectivity index (χ3n) is 3.95. The van der Waals surface area contributed by atoms with E-state index in [1.54, 1.807) is 26.4 Å². The molecule has 1 N–H and O–H groups in total. The average Bonchev–Trinajstić information content (AvgIpc) is 3.20. The molecule has 140 valence electrons. The zero-order valence-electron chi connectivity index (χ0n) is 15.0. The molecule has 0 aliphatic heterocycles. The minimum atomic E-state index is -0.504. The maximum atomic E-state index is 14.2. The number of nitrogens with zero attached hydrogens (tertiary/aromatic N) is 3. The number of aryl methyl sites for hydroxylation is 1. The van der Waals surface area contributed by atoms with Crippen LogP contribution in [0, 0.1) is 5.82 Å². The van der Waals surface area contributed by atoms with E-state index in [9.17, 15) is 9.18 Å². The number of hydrogen-bond acceptors (Lipinski definition) is 5. The fourth-order valence-corrected chi connectivity index (χ4v) is 2.60.